The van der Waals surface area contributed by atoms with Gasteiger partial charge in [-0.05, 0) is 44.0 Å². The standard InChI is InChI=1S/C17H21ClN2O2/c1-21-12-13-6-8-20(9-7-13)11-17-19-10-16(22-17)14-4-2-3-5-15(14)18/h2-5,10,13H,6-9,11-12H2,1H3. The fourth-order valence-corrected chi connectivity index (χ4v) is 3.14. The van der Waals surface area contributed by atoms with Crippen molar-refractivity contribution < 1.29 is 9.15 Å². The lowest BCUT2D eigenvalue weighted by Crippen LogP contribution is -2.34. The molecule has 0 N–H and O–H groups in total. The van der Waals surface area contributed by atoms with E-state index < -0.39 is 0 Å². The highest BCUT2D eigenvalue weighted by atomic mass is 35.5. The van der Waals surface area contributed by atoms with Crippen LogP contribution in [0.1, 0.15) is 18.7 Å². The minimum atomic E-state index is 0.685. The number of ether oxygens (including phenoxy) is 1. The van der Waals surface area contributed by atoms with Gasteiger partial charge in [-0.3, -0.25) is 4.90 Å². The molecule has 1 aliphatic heterocycles. The molecular weight excluding hydrogens is 300 g/mol. The van der Waals surface area contributed by atoms with Gasteiger partial charge in [0.05, 0.1) is 17.8 Å². The summed E-state index contributed by atoms with van der Waals surface area (Å²) in [6, 6.07) is 7.67. The predicted octanol–water partition coefficient (Wildman–Crippen LogP) is 3.85. The molecule has 1 aliphatic rings. The minimum absolute atomic E-state index is 0.685. The summed E-state index contributed by atoms with van der Waals surface area (Å²) in [6.07, 6.45) is 4.10. The third-order valence-corrected chi connectivity index (χ3v) is 4.49. The van der Waals surface area contributed by atoms with Crippen LogP contribution < -0.4 is 0 Å². The average Bonchev–Trinajstić information content (AvgIpc) is 2.98. The molecule has 2 heterocycles. The molecule has 0 unspecified atom stereocenters. The van der Waals surface area contributed by atoms with Crippen LogP contribution >= 0.6 is 11.6 Å². The molecule has 2 aromatic rings. The van der Waals surface area contributed by atoms with Gasteiger partial charge in [0.1, 0.15) is 0 Å². The molecule has 118 valence electrons. The Balaban J connectivity index is 1.60. The van der Waals surface area contributed by atoms with Crippen molar-refractivity contribution in [3.05, 3.63) is 41.4 Å². The summed E-state index contributed by atoms with van der Waals surface area (Å²) in [5.74, 6) is 2.17. The smallest absolute Gasteiger partial charge is 0.209 e. The number of halogens is 1. The fraction of sp³-hybridized carbons (Fsp3) is 0.471. The molecular formula is C17H21ClN2O2. The van der Waals surface area contributed by atoms with Gasteiger partial charge in [-0.25, -0.2) is 4.98 Å². The van der Waals surface area contributed by atoms with Crippen molar-refractivity contribution in [2.75, 3.05) is 26.8 Å². The van der Waals surface area contributed by atoms with Gasteiger partial charge in [-0.15, -0.1) is 0 Å². The van der Waals surface area contributed by atoms with Crippen LogP contribution in [0.3, 0.4) is 0 Å². The molecule has 0 bridgehead atoms. The molecule has 4 nitrogen and oxygen atoms in total. The summed E-state index contributed by atoms with van der Waals surface area (Å²) in [4.78, 5) is 6.77. The molecule has 5 heteroatoms. The third-order valence-electron chi connectivity index (χ3n) is 4.16. The molecule has 0 atom stereocenters. The lowest BCUT2D eigenvalue weighted by molar-refractivity contribution is 0.0932. The summed E-state index contributed by atoms with van der Waals surface area (Å²) in [5.41, 5.74) is 0.890. The van der Waals surface area contributed by atoms with E-state index >= 15 is 0 Å². The van der Waals surface area contributed by atoms with Gasteiger partial charge < -0.3 is 9.15 Å². The van der Waals surface area contributed by atoms with Crippen LogP contribution in [-0.2, 0) is 11.3 Å². The Morgan fingerprint density at radius 3 is 2.82 bits per heavy atom. The first-order valence-corrected chi connectivity index (χ1v) is 8.05. The Kier molecular flexibility index (Phi) is 5.13. The molecule has 1 saturated heterocycles. The van der Waals surface area contributed by atoms with Crippen LogP contribution in [0.2, 0.25) is 5.02 Å². The number of hydrogen-bond donors (Lipinski definition) is 0. The molecule has 3 rings (SSSR count). The van der Waals surface area contributed by atoms with E-state index in [9.17, 15) is 0 Å². The molecule has 1 fully saturated rings. The van der Waals surface area contributed by atoms with E-state index in [1.165, 1.54) is 12.8 Å². The van der Waals surface area contributed by atoms with Crippen molar-refractivity contribution in [2.45, 2.75) is 19.4 Å². The molecule has 1 aromatic heterocycles. The predicted molar refractivity (Wildman–Crippen MR) is 86.8 cm³/mol. The maximum absolute atomic E-state index is 6.20. The summed E-state index contributed by atoms with van der Waals surface area (Å²) >= 11 is 6.20. The maximum atomic E-state index is 6.20. The number of benzene rings is 1. The van der Waals surface area contributed by atoms with Crippen LogP contribution in [0.4, 0.5) is 0 Å². The van der Waals surface area contributed by atoms with Gasteiger partial charge in [-0.1, -0.05) is 23.7 Å². The van der Waals surface area contributed by atoms with E-state index in [1.54, 1.807) is 13.3 Å². The summed E-state index contributed by atoms with van der Waals surface area (Å²) < 4.78 is 11.1. The Hall–Kier alpha value is -1.36. The number of rotatable bonds is 5. The Morgan fingerprint density at radius 1 is 1.32 bits per heavy atom. The Bertz CT molecular complexity index is 606. The van der Waals surface area contributed by atoms with Crippen LogP contribution in [-0.4, -0.2) is 36.7 Å². The first kappa shape index (κ1) is 15.5. The summed E-state index contributed by atoms with van der Waals surface area (Å²) in [7, 11) is 1.77. The lowest BCUT2D eigenvalue weighted by atomic mass is 9.98. The molecule has 0 saturated carbocycles. The molecule has 0 aliphatic carbocycles. The number of oxazole rings is 1. The number of hydrogen-bond acceptors (Lipinski definition) is 4. The van der Waals surface area contributed by atoms with Crippen LogP contribution in [0.5, 0.6) is 0 Å². The van der Waals surface area contributed by atoms with Gasteiger partial charge in [0.15, 0.2) is 5.76 Å². The lowest BCUT2D eigenvalue weighted by Gasteiger charge is -2.30. The van der Waals surface area contributed by atoms with Crippen LogP contribution in [0, 0.1) is 5.92 Å². The molecule has 22 heavy (non-hydrogen) atoms. The van der Waals surface area contributed by atoms with Crippen molar-refractivity contribution in [1.82, 2.24) is 9.88 Å². The average molecular weight is 321 g/mol. The zero-order valence-corrected chi connectivity index (χ0v) is 13.6. The normalized spacial score (nSPS) is 17.0. The second kappa shape index (κ2) is 7.27. The van der Waals surface area contributed by atoms with Crippen molar-refractivity contribution in [3.8, 4) is 11.3 Å². The topological polar surface area (TPSA) is 38.5 Å². The van der Waals surface area contributed by atoms with Gasteiger partial charge in [0.25, 0.3) is 0 Å². The SMILES string of the molecule is COCC1CCN(Cc2ncc(-c3ccccc3Cl)o2)CC1. The van der Waals surface area contributed by atoms with Gasteiger partial charge in [-0.2, -0.15) is 0 Å². The fourth-order valence-electron chi connectivity index (χ4n) is 2.91. The zero-order valence-electron chi connectivity index (χ0n) is 12.8. The Morgan fingerprint density at radius 2 is 2.09 bits per heavy atom. The first-order chi connectivity index (χ1) is 10.8. The number of nitrogens with zero attached hydrogens (tertiary/aromatic N) is 2. The maximum Gasteiger partial charge on any atom is 0.209 e. The molecule has 0 spiro atoms. The quantitative estimate of drug-likeness (QED) is 0.838. The van der Waals surface area contributed by atoms with E-state index in [0.29, 0.717) is 10.9 Å². The third kappa shape index (κ3) is 3.69. The number of methoxy groups -OCH3 is 1. The van der Waals surface area contributed by atoms with E-state index in [-0.39, 0.29) is 0 Å². The summed E-state index contributed by atoms with van der Waals surface area (Å²) in [6.45, 7) is 3.75. The number of aromatic nitrogens is 1. The number of piperidine rings is 1. The van der Waals surface area contributed by atoms with Crippen molar-refractivity contribution in [3.63, 3.8) is 0 Å². The highest BCUT2D eigenvalue weighted by Crippen LogP contribution is 2.28. The van der Waals surface area contributed by atoms with Gasteiger partial charge in [0, 0.05) is 19.3 Å². The van der Waals surface area contributed by atoms with Crippen LogP contribution in [0.15, 0.2) is 34.9 Å². The van der Waals surface area contributed by atoms with E-state index in [4.69, 9.17) is 20.8 Å². The number of likely N-dealkylation sites (tertiary alicyclic amines) is 1. The van der Waals surface area contributed by atoms with Crippen molar-refractivity contribution in [2.24, 2.45) is 5.92 Å². The highest BCUT2D eigenvalue weighted by Gasteiger charge is 2.20. The van der Waals surface area contributed by atoms with Gasteiger partial charge in [0.2, 0.25) is 5.89 Å². The Labute approximate surface area is 136 Å². The highest BCUT2D eigenvalue weighted by molar-refractivity contribution is 6.33. The van der Waals surface area contributed by atoms with E-state index in [1.807, 2.05) is 24.3 Å². The monoisotopic (exact) mass is 320 g/mol. The van der Waals surface area contributed by atoms with Gasteiger partial charge >= 0.3 is 0 Å². The first-order valence-electron chi connectivity index (χ1n) is 7.67. The largest absolute Gasteiger partial charge is 0.439 e. The second-order valence-corrected chi connectivity index (χ2v) is 6.18. The zero-order chi connectivity index (χ0) is 15.4. The van der Waals surface area contributed by atoms with Crippen molar-refractivity contribution >= 4 is 11.6 Å². The van der Waals surface area contributed by atoms with E-state index in [0.717, 1.165) is 43.5 Å². The molecule has 0 amide bonds. The van der Waals surface area contributed by atoms with E-state index in [2.05, 4.69) is 9.88 Å². The minimum Gasteiger partial charge on any atom is -0.439 e. The summed E-state index contributed by atoms with van der Waals surface area (Å²) in [5, 5.41) is 0.686. The van der Waals surface area contributed by atoms with Crippen molar-refractivity contribution in [1.29, 1.82) is 0 Å². The molecule has 1 aromatic carbocycles. The second-order valence-electron chi connectivity index (χ2n) is 5.77. The molecule has 0 radical (unpaired) electrons. The van der Waals surface area contributed by atoms with Crippen LogP contribution in [0.25, 0.3) is 11.3 Å².